The molecule has 1 unspecified atom stereocenters. The van der Waals surface area contributed by atoms with Gasteiger partial charge in [0, 0.05) is 22.3 Å². The average molecular weight is 330 g/mol. The number of rotatable bonds is 0. The SMILES string of the molecule is C[C@]12CC[C@H]3[C@@H](C=CC4=C(O)C(=O)[C@H]5CC5[C@@]43C)[C@@H]1C[C@H](F)C2=O. The standard InChI is InChI=1S/C20H23FO3/c1-19-6-5-11-9(13(19)8-15(21)18(19)24)3-4-12-17(23)16(22)10-7-14(10)20(11,12)2/h3-4,9-11,13-15,23H,5-8H2,1-2H3/t9-,10+,11+,13+,14?,15+,19+,20-/m1/s1. The van der Waals surface area contributed by atoms with Crippen LogP contribution < -0.4 is 0 Å². The van der Waals surface area contributed by atoms with Gasteiger partial charge in [-0.25, -0.2) is 4.39 Å². The molecular weight excluding hydrogens is 307 g/mol. The van der Waals surface area contributed by atoms with Gasteiger partial charge >= 0.3 is 0 Å². The molecule has 1 N–H and O–H groups in total. The highest BCUT2D eigenvalue weighted by Gasteiger charge is 2.67. The van der Waals surface area contributed by atoms with Crippen LogP contribution in [0.4, 0.5) is 4.39 Å². The van der Waals surface area contributed by atoms with Crippen molar-refractivity contribution in [2.24, 2.45) is 40.4 Å². The van der Waals surface area contributed by atoms with E-state index < -0.39 is 11.6 Å². The minimum absolute atomic E-state index is 0.0293. The summed E-state index contributed by atoms with van der Waals surface area (Å²) < 4.78 is 14.2. The highest BCUT2D eigenvalue weighted by molar-refractivity contribution is 6.00. The van der Waals surface area contributed by atoms with Crippen LogP contribution in [0.25, 0.3) is 0 Å². The Hall–Kier alpha value is -1.45. The number of hydrogen-bond acceptors (Lipinski definition) is 3. The Bertz CT molecular complexity index is 737. The summed E-state index contributed by atoms with van der Waals surface area (Å²) in [6.45, 7) is 4.13. The van der Waals surface area contributed by atoms with Gasteiger partial charge < -0.3 is 5.11 Å². The maximum atomic E-state index is 14.2. The van der Waals surface area contributed by atoms with E-state index in [1.54, 1.807) is 0 Å². The van der Waals surface area contributed by atoms with Crippen LogP contribution in [0.1, 0.15) is 39.5 Å². The maximum absolute atomic E-state index is 14.2. The summed E-state index contributed by atoms with van der Waals surface area (Å²) in [5.41, 5.74) is 0.0379. The third kappa shape index (κ3) is 1.45. The molecule has 5 aliphatic rings. The molecule has 3 saturated carbocycles. The minimum atomic E-state index is -1.33. The van der Waals surface area contributed by atoms with Gasteiger partial charge in [0.2, 0.25) is 5.78 Å². The van der Waals surface area contributed by atoms with Crippen LogP contribution >= 0.6 is 0 Å². The summed E-state index contributed by atoms with van der Waals surface area (Å²) in [6, 6.07) is 0. The largest absolute Gasteiger partial charge is 0.504 e. The highest BCUT2D eigenvalue weighted by atomic mass is 19.1. The number of ketones is 2. The molecule has 3 fully saturated rings. The maximum Gasteiger partial charge on any atom is 0.200 e. The molecule has 8 atom stereocenters. The number of aliphatic hydroxyl groups excluding tert-OH is 1. The molecule has 0 aromatic carbocycles. The number of Topliss-reactive ketones (excluding diaryl/α,β-unsaturated/α-hetero) is 2. The van der Waals surface area contributed by atoms with Gasteiger partial charge in [0.15, 0.2) is 17.7 Å². The summed E-state index contributed by atoms with van der Waals surface area (Å²) >= 11 is 0. The number of alkyl halides is 1. The highest BCUT2D eigenvalue weighted by Crippen LogP contribution is 2.69. The number of fused-ring (bicyclic) bond motifs is 7. The Balaban J connectivity index is 1.63. The molecule has 0 aliphatic heterocycles. The zero-order valence-electron chi connectivity index (χ0n) is 14.1. The van der Waals surface area contributed by atoms with E-state index in [9.17, 15) is 19.1 Å². The fourth-order valence-corrected chi connectivity index (χ4v) is 6.77. The van der Waals surface area contributed by atoms with Crippen molar-refractivity contribution in [1.29, 1.82) is 0 Å². The molecule has 128 valence electrons. The lowest BCUT2D eigenvalue weighted by Gasteiger charge is -2.54. The molecule has 0 saturated heterocycles. The predicted octanol–water partition coefficient (Wildman–Crippen LogP) is 3.55. The van der Waals surface area contributed by atoms with Gasteiger partial charge in [0.25, 0.3) is 0 Å². The lowest BCUT2D eigenvalue weighted by Crippen LogP contribution is -2.50. The number of allylic oxidation sites excluding steroid dienone is 4. The molecule has 3 nitrogen and oxygen atoms in total. The molecule has 0 heterocycles. The quantitative estimate of drug-likeness (QED) is 0.739. The Morgan fingerprint density at radius 2 is 1.92 bits per heavy atom. The van der Waals surface area contributed by atoms with Crippen molar-refractivity contribution in [2.75, 3.05) is 0 Å². The summed E-state index contributed by atoms with van der Waals surface area (Å²) in [5.74, 6) is 0.418. The van der Waals surface area contributed by atoms with Crippen molar-refractivity contribution in [1.82, 2.24) is 0 Å². The molecular formula is C20H23FO3. The van der Waals surface area contributed by atoms with Crippen LogP contribution in [0, 0.1) is 40.4 Å². The van der Waals surface area contributed by atoms with E-state index in [0.717, 1.165) is 24.8 Å². The van der Waals surface area contributed by atoms with E-state index in [2.05, 4.69) is 13.0 Å². The Morgan fingerprint density at radius 3 is 2.67 bits per heavy atom. The van der Waals surface area contributed by atoms with Crippen LogP contribution in [-0.2, 0) is 9.59 Å². The van der Waals surface area contributed by atoms with Crippen molar-refractivity contribution in [3.8, 4) is 0 Å². The molecule has 0 aromatic heterocycles. The van der Waals surface area contributed by atoms with E-state index in [4.69, 9.17) is 0 Å². The van der Waals surface area contributed by atoms with Crippen LogP contribution in [0.2, 0.25) is 0 Å². The van der Waals surface area contributed by atoms with E-state index in [-0.39, 0.29) is 40.5 Å². The van der Waals surface area contributed by atoms with Gasteiger partial charge in [-0.3, -0.25) is 9.59 Å². The zero-order valence-corrected chi connectivity index (χ0v) is 14.1. The van der Waals surface area contributed by atoms with Gasteiger partial charge in [-0.05, 0) is 49.4 Å². The third-order valence-electron chi connectivity index (χ3n) is 8.25. The summed E-state index contributed by atoms with van der Waals surface area (Å²) in [5, 5.41) is 10.4. The third-order valence-corrected chi connectivity index (χ3v) is 8.25. The number of aliphatic hydroxyl groups is 1. The van der Waals surface area contributed by atoms with Gasteiger partial charge in [-0.2, -0.15) is 0 Å². The Kier molecular flexibility index (Phi) is 2.60. The van der Waals surface area contributed by atoms with Crippen molar-refractivity contribution >= 4 is 11.6 Å². The summed E-state index contributed by atoms with van der Waals surface area (Å²) in [7, 11) is 0. The minimum Gasteiger partial charge on any atom is -0.504 e. The smallest absolute Gasteiger partial charge is 0.200 e. The van der Waals surface area contributed by atoms with E-state index >= 15 is 0 Å². The van der Waals surface area contributed by atoms with Crippen molar-refractivity contribution in [3.63, 3.8) is 0 Å². The van der Waals surface area contributed by atoms with Crippen molar-refractivity contribution < 1.29 is 19.1 Å². The lowest BCUT2D eigenvalue weighted by atomic mass is 9.49. The number of halogens is 1. The van der Waals surface area contributed by atoms with Crippen LogP contribution in [0.15, 0.2) is 23.5 Å². The second kappa shape index (κ2) is 4.20. The van der Waals surface area contributed by atoms with Gasteiger partial charge in [-0.15, -0.1) is 0 Å². The second-order valence-corrected chi connectivity index (χ2v) is 9.03. The number of carbonyl (C=O) groups excluding carboxylic acids is 2. The second-order valence-electron chi connectivity index (χ2n) is 9.03. The molecule has 5 aliphatic carbocycles. The topological polar surface area (TPSA) is 54.4 Å². The fraction of sp³-hybridized carbons (Fsp3) is 0.700. The first-order valence-electron chi connectivity index (χ1n) is 9.14. The first kappa shape index (κ1) is 14.9. The molecule has 24 heavy (non-hydrogen) atoms. The average Bonchev–Trinajstić information content (AvgIpc) is 3.32. The van der Waals surface area contributed by atoms with E-state index in [1.165, 1.54) is 0 Å². The number of hydrogen-bond donors (Lipinski definition) is 1. The molecule has 4 heteroatoms. The normalized spacial score (nSPS) is 55.0. The van der Waals surface area contributed by atoms with Gasteiger partial charge in [-0.1, -0.05) is 26.0 Å². The fourth-order valence-electron chi connectivity index (χ4n) is 6.77. The molecule has 0 radical (unpaired) electrons. The molecule has 5 rings (SSSR count). The van der Waals surface area contributed by atoms with Gasteiger partial charge in [0.05, 0.1) is 0 Å². The summed E-state index contributed by atoms with van der Waals surface area (Å²) in [4.78, 5) is 24.6. The van der Waals surface area contributed by atoms with Crippen molar-refractivity contribution in [2.45, 2.75) is 45.7 Å². The van der Waals surface area contributed by atoms with Crippen molar-refractivity contribution in [3.05, 3.63) is 23.5 Å². The monoisotopic (exact) mass is 330 g/mol. The van der Waals surface area contributed by atoms with Crippen LogP contribution in [0.3, 0.4) is 0 Å². The molecule has 0 amide bonds. The first-order chi connectivity index (χ1) is 11.3. The van der Waals surface area contributed by atoms with Crippen LogP contribution in [0.5, 0.6) is 0 Å². The molecule has 0 aromatic rings. The zero-order chi connectivity index (χ0) is 17.0. The lowest BCUT2D eigenvalue weighted by molar-refractivity contribution is -0.133. The Morgan fingerprint density at radius 1 is 1.17 bits per heavy atom. The first-order valence-corrected chi connectivity index (χ1v) is 9.14. The van der Waals surface area contributed by atoms with Gasteiger partial charge in [0.1, 0.15) is 0 Å². The molecule has 0 bridgehead atoms. The number of carbonyl (C=O) groups is 2. The predicted molar refractivity (Wildman–Crippen MR) is 85.8 cm³/mol. The Labute approximate surface area is 141 Å². The summed E-state index contributed by atoms with van der Waals surface area (Å²) in [6.07, 6.45) is 5.41. The molecule has 0 spiro atoms. The van der Waals surface area contributed by atoms with Crippen LogP contribution in [-0.4, -0.2) is 22.8 Å². The van der Waals surface area contributed by atoms with E-state index in [0.29, 0.717) is 18.3 Å². The van der Waals surface area contributed by atoms with E-state index in [1.807, 2.05) is 13.0 Å².